The van der Waals surface area contributed by atoms with Gasteiger partial charge in [-0.15, -0.1) is 0 Å². The quantitative estimate of drug-likeness (QED) is 0.792. The molecule has 0 saturated carbocycles. The van der Waals surface area contributed by atoms with Gasteiger partial charge in [0.1, 0.15) is 0 Å². The van der Waals surface area contributed by atoms with Crippen LogP contribution in [0.4, 0.5) is 0 Å². The van der Waals surface area contributed by atoms with Crippen LogP contribution in [0.25, 0.3) is 0 Å². The van der Waals surface area contributed by atoms with Crippen LogP contribution < -0.4 is 5.43 Å². The van der Waals surface area contributed by atoms with E-state index in [2.05, 4.69) is 39.5 Å². The molecule has 1 aromatic heterocycles. The van der Waals surface area contributed by atoms with E-state index >= 15 is 0 Å². The zero-order valence-electron chi connectivity index (χ0n) is 9.10. The Labute approximate surface area is 91.0 Å². The van der Waals surface area contributed by atoms with E-state index in [0.29, 0.717) is 6.04 Å². The van der Waals surface area contributed by atoms with Gasteiger partial charge < -0.3 is 10.3 Å². The number of hydrogen-bond donors (Lipinski definition) is 1. The molecule has 2 aliphatic heterocycles. The number of hydrogen-bond acceptors (Lipinski definition) is 2. The predicted molar refractivity (Wildman–Crippen MR) is 61.4 cm³/mol. The number of nitrogens with one attached hydrogen (secondary N) is 1. The van der Waals surface area contributed by atoms with Crippen LogP contribution >= 0.6 is 0 Å². The molecule has 3 rings (SSSR count). The molecule has 2 atom stereocenters. The minimum Gasteiger partial charge on any atom is -0.323 e. The summed E-state index contributed by atoms with van der Waals surface area (Å²) in [5.74, 6) is 0. The Morgan fingerprint density at radius 3 is 2.80 bits per heavy atom. The summed E-state index contributed by atoms with van der Waals surface area (Å²) in [4.78, 5) is 2.66. The van der Waals surface area contributed by atoms with E-state index < -0.39 is 0 Å². The Kier molecular flexibility index (Phi) is 2.41. The molecular formula is C12H19N3. The molecule has 82 valence electrons. The van der Waals surface area contributed by atoms with Crippen LogP contribution in [-0.2, 0) is 0 Å². The van der Waals surface area contributed by atoms with E-state index in [1.165, 1.54) is 38.8 Å². The summed E-state index contributed by atoms with van der Waals surface area (Å²) in [7, 11) is 0. The monoisotopic (exact) mass is 205 g/mol. The van der Waals surface area contributed by atoms with Gasteiger partial charge in [0.25, 0.3) is 0 Å². The third-order valence-electron chi connectivity index (χ3n) is 3.76. The minimum absolute atomic E-state index is 0.664. The van der Waals surface area contributed by atoms with Crippen molar-refractivity contribution in [2.75, 3.05) is 18.5 Å². The minimum atomic E-state index is 0.664. The molecular weight excluding hydrogens is 186 g/mol. The van der Waals surface area contributed by atoms with Crippen molar-refractivity contribution in [2.24, 2.45) is 0 Å². The molecule has 3 heterocycles. The third kappa shape index (κ3) is 1.88. The molecule has 3 nitrogen and oxygen atoms in total. The Balaban J connectivity index is 1.59. The van der Waals surface area contributed by atoms with E-state index in [-0.39, 0.29) is 0 Å². The molecule has 1 aromatic rings. The van der Waals surface area contributed by atoms with Crippen molar-refractivity contribution in [3.63, 3.8) is 0 Å². The molecule has 0 aliphatic carbocycles. The van der Waals surface area contributed by atoms with Crippen LogP contribution in [0.5, 0.6) is 0 Å². The van der Waals surface area contributed by atoms with E-state index in [4.69, 9.17) is 0 Å². The van der Waals surface area contributed by atoms with Crippen molar-refractivity contribution in [3.05, 3.63) is 24.5 Å². The molecule has 2 saturated heterocycles. The fraction of sp³-hybridized carbons (Fsp3) is 0.667. The fourth-order valence-corrected chi connectivity index (χ4v) is 2.97. The van der Waals surface area contributed by atoms with Crippen LogP contribution in [0.1, 0.15) is 25.7 Å². The molecule has 2 fully saturated rings. The first kappa shape index (κ1) is 9.28. The maximum atomic E-state index is 3.56. The highest BCUT2D eigenvalue weighted by Crippen LogP contribution is 2.27. The van der Waals surface area contributed by atoms with Crippen molar-refractivity contribution < 1.29 is 0 Å². The average molecular weight is 205 g/mol. The molecule has 0 aromatic carbocycles. The van der Waals surface area contributed by atoms with Gasteiger partial charge in [0.05, 0.1) is 0 Å². The summed E-state index contributed by atoms with van der Waals surface area (Å²) in [6.07, 6.45) is 9.58. The Hall–Kier alpha value is -0.960. The van der Waals surface area contributed by atoms with Crippen LogP contribution in [0.3, 0.4) is 0 Å². The second-order valence-corrected chi connectivity index (χ2v) is 4.77. The van der Waals surface area contributed by atoms with Crippen LogP contribution in [0, 0.1) is 0 Å². The lowest BCUT2D eigenvalue weighted by Crippen LogP contribution is -2.44. The largest absolute Gasteiger partial charge is 0.323 e. The highest BCUT2D eigenvalue weighted by Gasteiger charge is 2.31. The summed E-state index contributed by atoms with van der Waals surface area (Å²) < 4.78 is 2.09. The lowest BCUT2D eigenvalue weighted by molar-refractivity contribution is 0.184. The predicted octanol–water partition coefficient (Wildman–Crippen LogP) is 1.66. The van der Waals surface area contributed by atoms with E-state index in [9.17, 15) is 0 Å². The normalized spacial score (nSPS) is 31.5. The first-order valence-electron chi connectivity index (χ1n) is 6.05. The Bertz CT molecular complexity index is 307. The van der Waals surface area contributed by atoms with E-state index in [1.807, 2.05) is 0 Å². The van der Waals surface area contributed by atoms with Crippen LogP contribution in [-0.4, -0.2) is 34.7 Å². The zero-order valence-corrected chi connectivity index (χ0v) is 9.10. The van der Waals surface area contributed by atoms with Crippen molar-refractivity contribution in [1.29, 1.82) is 0 Å². The second kappa shape index (κ2) is 3.89. The molecule has 3 heteroatoms. The first-order valence-corrected chi connectivity index (χ1v) is 6.05. The van der Waals surface area contributed by atoms with Gasteiger partial charge >= 0.3 is 0 Å². The molecule has 0 amide bonds. The SMILES string of the molecule is c1ccn(NC2CCN3CCCC3C2)c1. The number of aromatic nitrogens is 1. The lowest BCUT2D eigenvalue weighted by Gasteiger charge is -2.35. The topological polar surface area (TPSA) is 20.2 Å². The average Bonchev–Trinajstić information content (AvgIpc) is 2.87. The maximum absolute atomic E-state index is 3.56. The van der Waals surface area contributed by atoms with Gasteiger partial charge in [0.15, 0.2) is 0 Å². The number of rotatable bonds is 2. The van der Waals surface area contributed by atoms with Crippen molar-refractivity contribution in [1.82, 2.24) is 9.58 Å². The first-order chi connectivity index (χ1) is 7.42. The zero-order chi connectivity index (χ0) is 10.1. The molecule has 2 unspecified atom stereocenters. The Morgan fingerprint density at radius 2 is 1.93 bits per heavy atom. The number of nitrogens with zero attached hydrogens (tertiary/aromatic N) is 2. The van der Waals surface area contributed by atoms with Gasteiger partial charge in [-0.3, -0.25) is 4.68 Å². The van der Waals surface area contributed by atoms with Gasteiger partial charge in [-0.25, -0.2) is 0 Å². The van der Waals surface area contributed by atoms with Crippen molar-refractivity contribution in [3.8, 4) is 0 Å². The molecule has 0 radical (unpaired) electrons. The van der Waals surface area contributed by atoms with Gasteiger partial charge in [-0.2, -0.15) is 0 Å². The van der Waals surface area contributed by atoms with Gasteiger partial charge in [-0.1, -0.05) is 0 Å². The van der Waals surface area contributed by atoms with E-state index in [0.717, 1.165) is 6.04 Å². The molecule has 0 bridgehead atoms. The third-order valence-corrected chi connectivity index (χ3v) is 3.76. The summed E-state index contributed by atoms with van der Waals surface area (Å²) in [6, 6.07) is 5.65. The lowest BCUT2D eigenvalue weighted by atomic mass is 9.98. The molecule has 15 heavy (non-hydrogen) atoms. The summed E-state index contributed by atoms with van der Waals surface area (Å²) in [5.41, 5.74) is 3.56. The van der Waals surface area contributed by atoms with Crippen LogP contribution in [0.15, 0.2) is 24.5 Å². The van der Waals surface area contributed by atoms with Gasteiger partial charge in [-0.05, 0) is 44.4 Å². The standard InChI is InChI=1S/C12H19N3/c1-2-8-15(7-1)13-11-5-9-14-6-3-4-12(14)10-11/h1-2,7-8,11-13H,3-6,9-10H2. The second-order valence-electron chi connectivity index (χ2n) is 4.77. The van der Waals surface area contributed by atoms with E-state index in [1.54, 1.807) is 0 Å². The summed E-state index contributed by atoms with van der Waals surface area (Å²) in [5, 5.41) is 0. The van der Waals surface area contributed by atoms with Crippen molar-refractivity contribution in [2.45, 2.75) is 37.8 Å². The fourth-order valence-electron chi connectivity index (χ4n) is 2.97. The molecule has 0 spiro atoms. The van der Waals surface area contributed by atoms with Crippen LogP contribution in [0.2, 0.25) is 0 Å². The summed E-state index contributed by atoms with van der Waals surface area (Å²) in [6.45, 7) is 2.62. The number of fused-ring (bicyclic) bond motifs is 1. The van der Waals surface area contributed by atoms with Gasteiger partial charge in [0, 0.05) is 31.0 Å². The number of piperidine rings is 1. The Morgan fingerprint density at radius 1 is 1.07 bits per heavy atom. The molecule has 1 N–H and O–H groups in total. The maximum Gasteiger partial charge on any atom is 0.0451 e. The highest BCUT2D eigenvalue weighted by molar-refractivity contribution is 4.99. The van der Waals surface area contributed by atoms with Crippen molar-refractivity contribution >= 4 is 0 Å². The highest BCUT2D eigenvalue weighted by atomic mass is 15.4. The van der Waals surface area contributed by atoms with Gasteiger partial charge in [0.2, 0.25) is 0 Å². The molecule has 2 aliphatic rings. The summed E-state index contributed by atoms with van der Waals surface area (Å²) >= 11 is 0. The smallest absolute Gasteiger partial charge is 0.0451 e.